The van der Waals surface area contributed by atoms with Crippen molar-refractivity contribution in [3.8, 4) is 0 Å². The summed E-state index contributed by atoms with van der Waals surface area (Å²) in [5.41, 5.74) is 1.64. The zero-order valence-corrected chi connectivity index (χ0v) is 25.2. The van der Waals surface area contributed by atoms with Crippen molar-refractivity contribution in [1.29, 1.82) is 0 Å². The highest BCUT2D eigenvalue weighted by atomic mass is 35.5. The van der Waals surface area contributed by atoms with Gasteiger partial charge in [-0.1, -0.05) is 63.6 Å². The van der Waals surface area contributed by atoms with E-state index in [9.17, 15) is 18.4 Å². The lowest BCUT2D eigenvalue weighted by Crippen LogP contribution is -2.20. The molecule has 1 aromatic carbocycles. The number of halogens is 4. The number of aliphatic hydroxyl groups excluding tert-OH is 2. The molecular weight excluding hydrogens is 563 g/mol. The molecule has 0 aromatic heterocycles. The maximum atomic E-state index is 13.9. The van der Waals surface area contributed by atoms with Crippen LogP contribution in [0.2, 0.25) is 5.02 Å². The molecule has 1 aliphatic heterocycles. The summed E-state index contributed by atoms with van der Waals surface area (Å²) in [5.74, 6) is -1.13. The van der Waals surface area contributed by atoms with Crippen molar-refractivity contribution in [3.63, 3.8) is 0 Å². The van der Waals surface area contributed by atoms with Crippen LogP contribution in [0.3, 0.4) is 0 Å². The summed E-state index contributed by atoms with van der Waals surface area (Å²) in [6.07, 6.45) is 6.53. The molecule has 2 rings (SSSR count). The van der Waals surface area contributed by atoms with E-state index in [1.54, 1.807) is 6.08 Å². The third-order valence-corrected chi connectivity index (χ3v) is 6.08. The number of carbonyl (C=O) groups is 2. The second kappa shape index (κ2) is 20.6. The Morgan fingerprint density at radius 2 is 1.82 bits per heavy atom. The number of benzene rings is 1. The number of hydrogen-bond donors (Lipinski definition) is 5. The molecule has 0 spiro atoms. The number of aliphatic hydroxyl groups is 2. The average molecular weight is 607 g/mol. The molecule has 0 unspecified atom stereocenters. The van der Waals surface area contributed by atoms with Crippen LogP contribution in [0.4, 0.5) is 14.5 Å². The molecule has 11 heteroatoms. The number of nitrogens with one attached hydrogen (secondary N) is 3. The molecule has 5 N–H and O–H groups in total. The first-order valence-corrected chi connectivity index (χ1v) is 13.7. The van der Waals surface area contributed by atoms with Crippen LogP contribution in [0.1, 0.15) is 52.0 Å². The molecule has 40 heavy (non-hydrogen) atoms. The Balaban J connectivity index is 0.000000838. The molecule has 2 amide bonds. The van der Waals surface area contributed by atoms with Crippen LogP contribution < -0.4 is 16.0 Å². The van der Waals surface area contributed by atoms with Crippen molar-refractivity contribution in [2.24, 2.45) is 17.3 Å². The zero-order chi connectivity index (χ0) is 30.7. The molecule has 1 aliphatic rings. The van der Waals surface area contributed by atoms with Crippen molar-refractivity contribution >= 4 is 41.7 Å². The third kappa shape index (κ3) is 16.1. The van der Waals surface area contributed by atoms with Crippen molar-refractivity contribution in [1.82, 2.24) is 10.6 Å². The Kier molecular flexibility index (Phi) is 19.4. The van der Waals surface area contributed by atoms with E-state index in [-0.39, 0.29) is 41.0 Å². The number of allylic oxidation sites excluding steroid dienone is 5. The van der Waals surface area contributed by atoms with E-state index in [4.69, 9.17) is 33.4 Å². The maximum absolute atomic E-state index is 13.9. The Labute approximate surface area is 246 Å². The van der Waals surface area contributed by atoms with Gasteiger partial charge in [-0.2, -0.15) is 0 Å². The van der Waals surface area contributed by atoms with Gasteiger partial charge in [-0.15, -0.1) is 0 Å². The highest BCUT2D eigenvalue weighted by Gasteiger charge is 2.30. The van der Waals surface area contributed by atoms with Gasteiger partial charge in [0.1, 0.15) is 11.6 Å². The van der Waals surface area contributed by atoms with Gasteiger partial charge in [0.25, 0.3) is 0 Å². The van der Waals surface area contributed by atoms with Gasteiger partial charge >= 0.3 is 0 Å². The van der Waals surface area contributed by atoms with Gasteiger partial charge in [0.15, 0.2) is 0 Å². The lowest BCUT2D eigenvalue weighted by molar-refractivity contribution is -0.109. The van der Waals surface area contributed by atoms with Crippen molar-refractivity contribution < 1.29 is 28.6 Å². The monoisotopic (exact) mass is 605 g/mol. The fourth-order valence-electron chi connectivity index (χ4n) is 3.51. The molecule has 1 heterocycles. The third-order valence-electron chi connectivity index (χ3n) is 5.45. The molecule has 1 fully saturated rings. The van der Waals surface area contributed by atoms with Crippen LogP contribution >= 0.6 is 23.2 Å². The van der Waals surface area contributed by atoms with Gasteiger partial charge in [0, 0.05) is 43.8 Å². The van der Waals surface area contributed by atoms with Crippen LogP contribution in [0.5, 0.6) is 0 Å². The minimum Gasteiger partial charge on any atom is -0.396 e. The van der Waals surface area contributed by atoms with Gasteiger partial charge in [-0.25, -0.2) is 8.78 Å². The van der Waals surface area contributed by atoms with Gasteiger partial charge in [-0.05, 0) is 60.6 Å². The Bertz CT molecular complexity index is 975. The van der Waals surface area contributed by atoms with Crippen molar-refractivity contribution in [2.75, 3.05) is 38.2 Å². The van der Waals surface area contributed by atoms with Crippen LogP contribution in [0, 0.1) is 23.1 Å². The molecule has 226 valence electrons. The second-order valence-corrected chi connectivity index (χ2v) is 11.6. The number of rotatable bonds is 13. The van der Waals surface area contributed by atoms with Crippen LogP contribution in [-0.2, 0) is 9.59 Å². The lowest BCUT2D eigenvalue weighted by atomic mass is 9.85. The zero-order valence-electron chi connectivity index (χ0n) is 23.7. The summed E-state index contributed by atoms with van der Waals surface area (Å²) in [6, 6.07) is 2.75. The second-order valence-electron chi connectivity index (χ2n) is 10.8. The largest absolute Gasteiger partial charge is 0.396 e. The van der Waals surface area contributed by atoms with Crippen LogP contribution in [0.25, 0.3) is 0 Å². The van der Waals surface area contributed by atoms with Crippen molar-refractivity contribution in [2.45, 2.75) is 46.5 Å². The van der Waals surface area contributed by atoms with E-state index in [1.807, 2.05) is 0 Å². The van der Waals surface area contributed by atoms with Gasteiger partial charge < -0.3 is 26.2 Å². The number of anilines is 1. The van der Waals surface area contributed by atoms with E-state index in [0.29, 0.717) is 62.0 Å². The number of amides is 2. The van der Waals surface area contributed by atoms with Gasteiger partial charge in [-0.3, -0.25) is 9.59 Å². The predicted molar refractivity (Wildman–Crippen MR) is 160 cm³/mol. The first kappa shape index (κ1) is 37.7. The summed E-state index contributed by atoms with van der Waals surface area (Å²) < 4.78 is 27.5. The van der Waals surface area contributed by atoms with E-state index >= 15 is 0 Å². The Hall–Kier alpha value is -2.30. The molecule has 1 aromatic rings. The fourth-order valence-corrected chi connectivity index (χ4v) is 3.74. The molecule has 7 nitrogen and oxygen atoms in total. The molecule has 2 atom stereocenters. The minimum atomic E-state index is -0.556. The quantitative estimate of drug-likeness (QED) is 0.113. The normalized spacial score (nSPS) is 17.3. The van der Waals surface area contributed by atoms with E-state index in [0.717, 1.165) is 0 Å². The van der Waals surface area contributed by atoms with E-state index < -0.39 is 11.6 Å². The Morgan fingerprint density at radius 3 is 2.35 bits per heavy atom. The SMILES string of the molecule is C=C/C(Cl)=C(F)\C=C/C[C@H]1CNC[C@H]1c1cc(F)c(Cl)cc1NC=O.CC(C)(C)C.O=CNCCC(CO)CO. The highest BCUT2D eigenvalue weighted by molar-refractivity contribution is 6.31. The van der Waals surface area contributed by atoms with Gasteiger partial charge in [0.2, 0.25) is 12.8 Å². The standard InChI is InChI=1S/C18H18Cl2F2N2O.C6H13NO3.C5H12/c1-2-14(19)16(21)5-3-4-11-8-23-9-13(11)12-6-17(22)15(20)7-18(12)24-10-25;8-3-6(4-9)1-2-7-5-10;1-5(2,3)4/h2-3,5-7,10-11,13,23H,1,4,8-9H2,(H,24,25);5-6,8-9H,1-4H2,(H,7,10);1-4H3/b5-3-,16-14-;;/t11-,13+;;/m0../s1. The van der Waals surface area contributed by atoms with Crippen molar-refractivity contribution in [3.05, 3.63) is 64.2 Å². The van der Waals surface area contributed by atoms with E-state index in [2.05, 4.69) is 50.2 Å². The smallest absolute Gasteiger partial charge is 0.211 e. The minimum absolute atomic E-state index is 0.0307. The first-order chi connectivity index (χ1) is 18.8. The molecule has 0 bridgehead atoms. The van der Waals surface area contributed by atoms with Gasteiger partial charge in [0.05, 0.1) is 10.1 Å². The predicted octanol–water partition coefficient (Wildman–Crippen LogP) is 5.68. The fraction of sp³-hybridized carbons (Fsp3) is 0.517. The maximum Gasteiger partial charge on any atom is 0.211 e. The van der Waals surface area contributed by atoms with Crippen LogP contribution in [0.15, 0.2) is 47.8 Å². The Morgan fingerprint density at radius 1 is 1.20 bits per heavy atom. The lowest BCUT2D eigenvalue weighted by Gasteiger charge is -2.21. The summed E-state index contributed by atoms with van der Waals surface area (Å²) in [7, 11) is 0. The highest BCUT2D eigenvalue weighted by Crippen LogP contribution is 2.37. The molecule has 0 saturated carbocycles. The molecule has 1 saturated heterocycles. The molecule has 0 aliphatic carbocycles. The number of carbonyl (C=O) groups excluding carboxylic acids is 2. The van der Waals surface area contributed by atoms with Crippen LogP contribution in [-0.4, -0.2) is 55.9 Å². The average Bonchev–Trinajstić information content (AvgIpc) is 3.36. The summed E-state index contributed by atoms with van der Waals surface area (Å²) in [5, 5.41) is 25.3. The molecule has 0 radical (unpaired) electrons. The molecular formula is C29H43Cl2F2N3O4. The number of hydrogen-bond acceptors (Lipinski definition) is 5. The first-order valence-electron chi connectivity index (χ1n) is 13.0. The summed E-state index contributed by atoms with van der Waals surface area (Å²) in [6.45, 7) is 13.9. The summed E-state index contributed by atoms with van der Waals surface area (Å²) >= 11 is 11.5. The van der Waals surface area contributed by atoms with E-state index in [1.165, 1.54) is 24.3 Å². The topological polar surface area (TPSA) is 111 Å². The summed E-state index contributed by atoms with van der Waals surface area (Å²) in [4.78, 5) is 20.5.